The molecular weight excluding hydrogens is 352 g/mol. The summed E-state index contributed by atoms with van der Waals surface area (Å²) in [6.45, 7) is 1.74. The largest absolute Gasteiger partial charge is 0.416 e. The third-order valence-corrected chi connectivity index (χ3v) is 3.52. The van der Waals surface area contributed by atoms with Crippen molar-refractivity contribution in [2.75, 3.05) is 11.1 Å². The Balaban J connectivity index is 2.35. The van der Waals surface area contributed by atoms with E-state index >= 15 is 0 Å². The lowest BCUT2D eigenvalue weighted by Gasteiger charge is -2.14. The molecule has 7 heteroatoms. The maximum absolute atomic E-state index is 13.5. The topological polar surface area (TPSA) is 38.0 Å². The highest BCUT2D eigenvalue weighted by Crippen LogP contribution is 2.34. The zero-order valence-electron chi connectivity index (χ0n) is 10.9. The number of benzene rings is 2. The van der Waals surface area contributed by atoms with Crippen LogP contribution in [0.4, 0.5) is 34.6 Å². The Morgan fingerprint density at radius 3 is 2.33 bits per heavy atom. The third kappa shape index (κ3) is 3.47. The van der Waals surface area contributed by atoms with Crippen LogP contribution in [0.15, 0.2) is 34.8 Å². The molecule has 2 aromatic rings. The van der Waals surface area contributed by atoms with Gasteiger partial charge in [0, 0.05) is 5.69 Å². The van der Waals surface area contributed by atoms with Crippen LogP contribution in [-0.2, 0) is 6.18 Å². The van der Waals surface area contributed by atoms with E-state index < -0.39 is 17.6 Å². The highest BCUT2D eigenvalue weighted by atomic mass is 79.9. The molecule has 0 radical (unpaired) electrons. The van der Waals surface area contributed by atoms with Gasteiger partial charge in [0.05, 0.1) is 21.4 Å². The predicted molar refractivity (Wildman–Crippen MR) is 78.0 cm³/mol. The first-order chi connectivity index (χ1) is 9.68. The van der Waals surface area contributed by atoms with Gasteiger partial charge in [-0.05, 0) is 58.7 Å². The number of alkyl halides is 3. The van der Waals surface area contributed by atoms with Gasteiger partial charge in [-0.15, -0.1) is 0 Å². The average Bonchev–Trinajstić information content (AvgIpc) is 2.36. The molecule has 0 saturated heterocycles. The Kier molecular flexibility index (Phi) is 4.13. The molecule has 0 fully saturated rings. The van der Waals surface area contributed by atoms with E-state index in [1.807, 2.05) is 0 Å². The smallest absolute Gasteiger partial charge is 0.397 e. The standard InChI is InChI=1S/C14H11BrF4N2/c1-7-4-9(15)10(16)6-13(7)21-12-3-2-8(5-11(12)20)14(17,18)19/h2-6,21H,20H2,1H3. The molecule has 0 atom stereocenters. The fourth-order valence-corrected chi connectivity index (χ4v) is 2.24. The maximum atomic E-state index is 13.5. The Labute approximate surface area is 127 Å². The van der Waals surface area contributed by atoms with Gasteiger partial charge >= 0.3 is 6.18 Å². The summed E-state index contributed by atoms with van der Waals surface area (Å²) in [5.74, 6) is -0.478. The first-order valence-electron chi connectivity index (χ1n) is 5.88. The molecule has 2 rings (SSSR count). The van der Waals surface area contributed by atoms with Gasteiger partial charge in [-0.2, -0.15) is 13.2 Å². The third-order valence-electron chi connectivity index (χ3n) is 2.92. The van der Waals surface area contributed by atoms with Crippen LogP contribution < -0.4 is 11.1 Å². The lowest BCUT2D eigenvalue weighted by molar-refractivity contribution is -0.137. The molecular formula is C14H11BrF4N2. The minimum atomic E-state index is -4.45. The van der Waals surface area contributed by atoms with Gasteiger partial charge in [-0.1, -0.05) is 0 Å². The Hall–Kier alpha value is -1.76. The van der Waals surface area contributed by atoms with E-state index in [1.54, 1.807) is 13.0 Å². The summed E-state index contributed by atoms with van der Waals surface area (Å²) in [7, 11) is 0. The molecule has 0 unspecified atom stereocenters. The van der Waals surface area contributed by atoms with Crippen LogP contribution in [0.2, 0.25) is 0 Å². The number of aryl methyl sites for hydroxylation is 1. The van der Waals surface area contributed by atoms with Gasteiger partial charge in [0.25, 0.3) is 0 Å². The maximum Gasteiger partial charge on any atom is 0.416 e. The monoisotopic (exact) mass is 362 g/mol. The van der Waals surface area contributed by atoms with Crippen molar-refractivity contribution in [3.05, 3.63) is 51.7 Å². The molecule has 3 N–H and O–H groups in total. The molecule has 0 amide bonds. The van der Waals surface area contributed by atoms with Crippen molar-refractivity contribution in [2.24, 2.45) is 0 Å². The van der Waals surface area contributed by atoms with Crippen molar-refractivity contribution in [3.63, 3.8) is 0 Å². The van der Waals surface area contributed by atoms with Crippen LogP contribution in [0.25, 0.3) is 0 Å². The van der Waals surface area contributed by atoms with E-state index in [-0.39, 0.29) is 11.4 Å². The van der Waals surface area contributed by atoms with Crippen LogP contribution >= 0.6 is 15.9 Å². The van der Waals surface area contributed by atoms with E-state index in [4.69, 9.17) is 5.73 Å². The van der Waals surface area contributed by atoms with E-state index in [0.717, 1.165) is 17.7 Å². The highest BCUT2D eigenvalue weighted by Gasteiger charge is 2.30. The van der Waals surface area contributed by atoms with Gasteiger partial charge < -0.3 is 11.1 Å². The van der Waals surface area contributed by atoms with Crippen LogP contribution in [0.1, 0.15) is 11.1 Å². The molecule has 0 heterocycles. The van der Waals surface area contributed by atoms with Crippen molar-refractivity contribution < 1.29 is 17.6 Å². The summed E-state index contributed by atoms with van der Waals surface area (Å²) in [6, 6.07) is 5.79. The predicted octanol–water partition coefficient (Wildman–Crippen LogP) is 5.24. The lowest BCUT2D eigenvalue weighted by Crippen LogP contribution is -2.07. The van der Waals surface area contributed by atoms with E-state index in [1.165, 1.54) is 12.1 Å². The number of nitrogen functional groups attached to an aromatic ring is 1. The van der Waals surface area contributed by atoms with Crippen LogP contribution in [0, 0.1) is 12.7 Å². The molecule has 2 aromatic carbocycles. The zero-order chi connectivity index (χ0) is 15.8. The van der Waals surface area contributed by atoms with Gasteiger partial charge in [-0.25, -0.2) is 4.39 Å². The summed E-state index contributed by atoms with van der Waals surface area (Å²) in [5.41, 5.74) is 6.17. The van der Waals surface area contributed by atoms with E-state index in [0.29, 0.717) is 10.2 Å². The Bertz CT molecular complexity index is 683. The fraction of sp³-hybridized carbons (Fsp3) is 0.143. The number of nitrogens with two attached hydrogens (primary N) is 1. The summed E-state index contributed by atoms with van der Waals surface area (Å²) in [4.78, 5) is 0. The minimum Gasteiger partial charge on any atom is -0.397 e. The summed E-state index contributed by atoms with van der Waals surface area (Å²) in [6.07, 6.45) is -4.45. The van der Waals surface area contributed by atoms with Gasteiger partial charge in [0.2, 0.25) is 0 Å². The van der Waals surface area contributed by atoms with Gasteiger partial charge in [0.1, 0.15) is 5.82 Å². The summed E-state index contributed by atoms with van der Waals surface area (Å²) in [5, 5.41) is 2.83. The molecule has 112 valence electrons. The molecule has 0 bridgehead atoms. The van der Waals surface area contributed by atoms with Crippen LogP contribution in [0.5, 0.6) is 0 Å². The number of halogens is 5. The molecule has 0 aromatic heterocycles. The van der Waals surface area contributed by atoms with E-state index in [9.17, 15) is 17.6 Å². The Morgan fingerprint density at radius 1 is 1.10 bits per heavy atom. The van der Waals surface area contributed by atoms with Gasteiger partial charge in [0.15, 0.2) is 0 Å². The SMILES string of the molecule is Cc1cc(Br)c(F)cc1Nc1ccc(C(F)(F)F)cc1N. The minimum absolute atomic E-state index is 0.0625. The van der Waals surface area contributed by atoms with Crippen LogP contribution in [-0.4, -0.2) is 0 Å². The molecule has 2 nitrogen and oxygen atoms in total. The molecule has 0 aliphatic carbocycles. The Morgan fingerprint density at radius 2 is 1.76 bits per heavy atom. The first kappa shape index (κ1) is 15.6. The second-order valence-corrected chi connectivity index (χ2v) is 5.36. The molecule has 21 heavy (non-hydrogen) atoms. The highest BCUT2D eigenvalue weighted by molar-refractivity contribution is 9.10. The zero-order valence-corrected chi connectivity index (χ0v) is 12.4. The van der Waals surface area contributed by atoms with Crippen LogP contribution in [0.3, 0.4) is 0 Å². The van der Waals surface area contributed by atoms with Crippen molar-refractivity contribution in [1.82, 2.24) is 0 Å². The average molecular weight is 363 g/mol. The second-order valence-electron chi connectivity index (χ2n) is 4.51. The number of nitrogens with one attached hydrogen (secondary N) is 1. The van der Waals surface area contributed by atoms with Crippen molar-refractivity contribution >= 4 is 33.0 Å². The number of hydrogen-bond donors (Lipinski definition) is 2. The van der Waals surface area contributed by atoms with Crippen molar-refractivity contribution in [3.8, 4) is 0 Å². The molecule has 0 aliphatic heterocycles. The summed E-state index contributed by atoms with van der Waals surface area (Å²) < 4.78 is 51.5. The van der Waals surface area contributed by atoms with Gasteiger partial charge in [-0.3, -0.25) is 0 Å². The van der Waals surface area contributed by atoms with Crippen molar-refractivity contribution in [1.29, 1.82) is 0 Å². The molecule has 0 aliphatic rings. The number of hydrogen-bond acceptors (Lipinski definition) is 2. The summed E-state index contributed by atoms with van der Waals surface area (Å²) >= 11 is 3.06. The number of rotatable bonds is 2. The quantitative estimate of drug-likeness (QED) is 0.566. The fourth-order valence-electron chi connectivity index (χ4n) is 1.78. The lowest BCUT2D eigenvalue weighted by atomic mass is 10.1. The van der Waals surface area contributed by atoms with E-state index in [2.05, 4.69) is 21.2 Å². The normalized spacial score (nSPS) is 11.5. The first-order valence-corrected chi connectivity index (χ1v) is 6.67. The molecule has 0 saturated carbocycles. The number of anilines is 3. The second kappa shape index (κ2) is 5.55. The molecule has 0 spiro atoms. The van der Waals surface area contributed by atoms with Crippen molar-refractivity contribution in [2.45, 2.75) is 13.1 Å².